The molecule has 0 aromatic carbocycles. The number of carbonyl (C=O) groups excluding carboxylic acids is 1. The van der Waals surface area contributed by atoms with Gasteiger partial charge in [-0.15, -0.1) is 11.3 Å². The highest BCUT2D eigenvalue weighted by atomic mass is 79.9. The molecule has 0 aliphatic heterocycles. The molecule has 6 heteroatoms. The molecule has 3 nitrogen and oxygen atoms in total. The third kappa shape index (κ3) is 2.76. The molecule has 0 bridgehead atoms. The number of nitrogens with zero attached hydrogens (tertiary/aromatic N) is 1. The van der Waals surface area contributed by atoms with E-state index in [1.807, 2.05) is 6.07 Å². The summed E-state index contributed by atoms with van der Waals surface area (Å²) in [5.41, 5.74) is 1.29. The molecular weight excluding hydrogens is 343 g/mol. The minimum atomic E-state index is -0.449. The van der Waals surface area contributed by atoms with Gasteiger partial charge in [0.25, 0.3) is 5.91 Å². The molecule has 1 aliphatic rings. The number of nitrogens with one attached hydrogen (secondary N) is 1. The molecule has 0 radical (unpaired) electrons. The van der Waals surface area contributed by atoms with E-state index >= 15 is 0 Å². The normalized spacial score (nSPS) is 13.9. The Hall–Kier alpha value is -1.27. The summed E-state index contributed by atoms with van der Waals surface area (Å²) in [4.78, 5) is 18.1. The minimum absolute atomic E-state index is 0.0979. The van der Waals surface area contributed by atoms with E-state index in [0.29, 0.717) is 10.7 Å². The molecule has 104 valence electrons. The first-order chi connectivity index (χ1) is 9.63. The van der Waals surface area contributed by atoms with E-state index in [2.05, 4.69) is 26.2 Å². The molecule has 20 heavy (non-hydrogen) atoms. The lowest BCUT2D eigenvalue weighted by molar-refractivity contribution is 0.103. The van der Waals surface area contributed by atoms with E-state index in [0.717, 1.165) is 12.8 Å². The summed E-state index contributed by atoms with van der Waals surface area (Å²) in [6.45, 7) is 0. The first kappa shape index (κ1) is 13.7. The van der Waals surface area contributed by atoms with E-state index < -0.39 is 5.82 Å². The van der Waals surface area contributed by atoms with Crippen LogP contribution in [-0.2, 0) is 12.8 Å². The largest absolute Gasteiger partial charge is 0.306 e. The van der Waals surface area contributed by atoms with Crippen LogP contribution in [0, 0.1) is 5.82 Å². The number of aromatic nitrogens is 1. The standard InChI is InChI=1S/C14H12BrFN2OS/c15-13-9(16)5-6-12(17-13)18-14(19)11-7-8-3-1-2-4-10(8)20-11/h5-7H,1-4H2,(H,17,18,19). The molecular formula is C14H12BrFN2OS. The summed E-state index contributed by atoms with van der Waals surface area (Å²) in [5.74, 6) is -0.292. The number of halogens is 2. The van der Waals surface area contributed by atoms with E-state index in [1.54, 1.807) is 11.3 Å². The van der Waals surface area contributed by atoms with Crippen LogP contribution in [0.1, 0.15) is 33.0 Å². The SMILES string of the molecule is O=C(Nc1ccc(F)c(Br)n1)c1cc2c(s1)CCCC2. The maximum absolute atomic E-state index is 13.1. The van der Waals surface area contributed by atoms with Crippen LogP contribution in [0.2, 0.25) is 0 Å². The lowest BCUT2D eigenvalue weighted by Crippen LogP contribution is -2.11. The molecule has 0 atom stereocenters. The number of rotatable bonds is 2. The molecule has 3 rings (SSSR count). The second-order valence-electron chi connectivity index (χ2n) is 4.69. The van der Waals surface area contributed by atoms with Crippen LogP contribution in [0.3, 0.4) is 0 Å². The van der Waals surface area contributed by atoms with Crippen molar-refractivity contribution in [3.05, 3.63) is 43.9 Å². The van der Waals surface area contributed by atoms with Gasteiger partial charge in [0, 0.05) is 4.88 Å². The number of fused-ring (bicyclic) bond motifs is 1. The maximum Gasteiger partial charge on any atom is 0.266 e. The van der Waals surface area contributed by atoms with Crippen LogP contribution in [0.25, 0.3) is 0 Å². The van der Waals surface area contributed by atoms with Crippen LogP contribution in [0.15, 0.2) is 22.8 Å². The average Bonchev–Trinajstić information content (AvgIpc) is 2.87. The van der Waals surface area contributed by atoms with Gasteiger partial charge >= 0.3 is 0 Å². The van der Waals surface area contributed by atoms with Gasteiger partial charge in [0.15, 0.2) is 5.82 Å². The molecule has 2 aromatic heterocycles. The monoisotopic (exact) mass is 354 g/mol. The molecule has 0 saturated heterocycles. The molecule has 0 unspecified atom stereocenters. The fraction of sp³-hybridized carbons (Fsp3) is 0.286. The Morgan fingerprint density at radius 3 is 2.90 bits per heavy atom. The highest BCUT2D eigenvalue weighted by Crippen LogP contribution is 2.30. The van der Waals surface area contributed by atoms with E-state index in [1.165, 1.54) is 35.4 Å². The van der Waals surface area contributed by atoms with Crippen LogP contribution in [0.5, 0.6) is 0 Å². The number of hydrogen-bond donors (Lipinski definition) is 1. The Bertz CT molecular complexity index is 648. The fourth-order valence-corrected chi connectivity index (χ4v) is 3.74. The highest BCUT2D eigenvalue weighted by Gasteiger charge is 2.17. The summed E-state index contributed by atoms with van der Waals surface area (Å²) in [6, 6.07) is 4.69. The Balaban J connectivity index is 1.78. The first-order valence-electron chi connectivity index (χ1n) is 6.38. The Labute approximate surface area is 128 Å². The average molecular weight is 355 g/mol. The van der Waals surface area contributed by atoms with Crippen LogP contribution in [0.4, 0.5) is 10.2 Å². The van der Waals surface area contributed by atoms with Gasteiger partial charge in [0.05, 0.1) is 4.88 Å². The molecule has 1 N–H and O–H groups in total. The van der Waals surface area contributed by atoms with Crippen molar-refractivity contribution in [3.63, 3.8) is 0 Å². The molecule has 0 fully saturated rings. The number of amides is 1. The van der Waals surface area contributed by atoms with Crippen molar-refractivity contribution in [2.24, 2.45) is 0 Å². The zero-order valence-corrected chi connectivity index (χ0v) is 13.0. The first-order valence-corrected chi connectivity index (χ1v) is 7.99. The maximum atomic E-state index is 13.1. The molecule has 1 amide bonds. The number of hydrogen-bond acceptors (Lipinski definition) is 3. The summed E-state index contributed by atoms with van der Waals surface area (Å²) < 4.78 is 13.2. The molecule has 1 aliphatic carbocycles. The predicted molar refractivity (Wildman–Crippen MR) is 80.8 cm³/mol. The number of aryl methyl sites for hydroxylation is 2. The highest BCUT2D eigenvalue weighted by molar-refractivity contribution is 9.10. The van der Waals surface area contributed by atoms with Crippen molar-refractivity contribution in [1.82, 2.24) is 4.98 Å². The Kier molecular flexibility index (Phi) is 3.85. The smallest absolute Gasteiger partial charge is 0.266 e. The van der Waals surface area contributed by atoms with Crippen molar-refractivity contribution in [2.45, 2.75) is 25.7 Å². The summed E-state index contributed by atoms with van der Waals surface area (Å²) in [7, 11) is 0. The van der Waals surface area contributed by atoms with Gasteiger partial charge in [0.1, 0.15) is 10.4 Å². The minimum Gasteiger partial charge on any atom is -0.306 e. The van der Waals surface area contributed by atoms with Gasteiger partial charge < -0.3 is 5.32 Å². The fourth-order valence-electron chi connectivity index (χ4n) is 2.27. The van der Waals surface area contributed by atoms with Gasteiger partial charge in [0.2, 0.25) is 0 Å². The number of carbonyl (C=O) groups is 1. The van der Waals surface area contributed by atoms with Gasteiger partial charge in [-0.2, -0.15) is 0 Å². The van der Waals surface area contributed by atoms with E-state index in [9.17, 15) is 9.18 Å². The molecule has 2 heterocycles. The van der Waals surface area contributed by atoms with E-state index in [-0.39, 0.29) is 10.5 Å². The summed E-state index contributed by atoms with van der Waals surface area (Å²) >= 11 is 4.55. The predicted octanol–water partition coefficient (Wildman–Crippen LogP) is 4.18. The van der Waals surface area contributed by atoms with Crippen LogP contribution >= 0.6 is 27.3 Å². The lowest BCUT2D eigenvalue weighted by Gasteiger charge is -2.08. The number of pyridine rings is 1. The molecule has 0 spiro atoms. The Morgan fingerprint density at radius 1 is 1.35 bits per heavy atom. The van der Waals surface area contributed by atoms with Gasteiger partial charge in [-0.25, -0.2) is 9.37 Å². The van der Waals surface area contributed by atoms with Crippen molar-refractivity contribution in [1.29, 1.82) is 0 Å². The lowest BCUT2D eigenvalue weighted by atomic mass is 9.99. The van der Waals surface area contributed by atoms with Crippen LogP contribution in [-0.4, -0.2) is 10.9 Å². The molecule has 2 aromatic rings. The zero-order valence-electron chi connectivity index (χ0n) is 10.6. The Morgan fingerprint density at radius 2 is 2.15 bits per heavy atom. The zero-order chi connectivity index (χ0) is 14.1. The second kappa shape index (κ2) is 5.61. The van der Waals surface area contributed by atoms with Crippen molar-refractivity contribution in [3.8, 4) is 0 Å². The third-order valence-corrected chi connectivity index (χ3v) is 5.06. The summed E-state index contributed by atoms with van der Waals surface area (Å²) in [6.07, 6.45) is 4.51. The van der Waals surface area contributed by atoms with Gasteiger partial charge in [-0.3, -0.25) is 4.79 Å². The number of anilines is 1. The van der Waals surface area contributed by atoms with Crippen molar-refractivity contribution >= 4 is 39.0 Å². The topological polar surface area (TPSA) is 42.0 Å². The quantitative estimate of drug-likeness (QED) is 0.822. The molecule has 0 saturated carbocycles. The van der Waals surface area contributed by atoms with Crippen molar-refractivity contribution < 1.29 is 9.18 Å². The van der Waals surface area contributed by atoms with Gasteiger partial charge in [-0.05, 0) is 65.4 Å². The van der Waals surface area contributed by atoms with Crippen molar-refractivity contribution in [2.75, 3.05) is 5.32 Å². The van der Waals surface area contributed by atoms with Gasteiger partial charge in [-0.1, -0.05) is 0 Å². The number of thiophene rings is 1. The van der Waals surface area contributed by atoms with E-state index in [4.69, 9.17) is 0 Å². The summed E-state index contributed by atoms with van der Waals surface area (Å²) in [5, 5.41) is 2.70. The van der Waals surface area contributed by atoms with Crippen LogP contribution < -0.4 is 5.32 Å². The third-order valence-electron chi connectivity index (χ3n) is 3.27. The second-order valence-corrected chi connectivity index (χ2v) is 6.58.